The highest BCUT2D eigenvalue weighted by Crippen LogP contribution is 2.05. The zero-order valence-corrected chi connectivity index (χ0v) is 17.3. The summed E-state index contributed by atoms with van der Waals surface area (Å²) in [4.78, 5) is 70.5. The minimum Gasteiger partial charge on any atom is -0.480 e. The van der Waals surface area contributed by atoms with Crippen LogP contribution >= 0.6 is 0 Å². The first-order valence-corrected chi connectivity index (χ1v) is 9.37. The van der Waals surface area contributed by atoms with Crippen LogP contribution in [0.3, 0.4) is 0 Å². The van der Waals surface area contributed by atoms with Crippen LogP contribution in [0.4, 0.5) is 0 Å². The summed E-state index contributed by atoms with van der Waals surface area (Å²) in [7, 11) is 0. The molecule has 0 aliphatic carbocycles. The van der Waals surface area contributed by atoms with E-state index in [1.54, 1.807) is 13.8 Å². The molecule has 0 rings (SSSR count). The maximum absolute atomic E-state index is 12.6. The van der Waals surface area contributed by atoms with Gasteiger partial charge in [-0.25, -0.2) is 4.79 Å². The van der Waals surface area contributed by atoms with E-state index in [4.69, 9.17) is 22.3 Å². The first-order chi connectivity index (χ1) is 14.3. The maximum atomic E-state index is 12.6. The Labute approximate surface area is 178 Å². The zero-order valence-electron chi connectivity index (χ0n) is 17.3. The SMILES string of the molecule is CC(C)C(NC(=O)C(N)CO)C(=O)NC(CC(N)=O)C(=O)NC(CCC(N)=O)C(=O)O. The molecule has 14 heteroatoms. The summed E-state index contributed by atoms with van der Waals surface area (Å²) in [5.41, 5.74) is 15.5. The van der Waals surface area contributed by atoms with Crippen LogP contribution in [-0.2, 0) is 28.8 Å². The first-order valence-electron chi connectivity index (χ1n) is 9.37. The van der Waals surface area contributed by atoms with Crippen LogP contribution in [0, 0.1) is 5.92 Å². The van der Waals surface area contributed by atoms with E-state index in [0.717, 1.165) is 0 Å². The fourth-order valence-electron chi connectivity index (χ4n) is 2.37. The fourth-order valence-corrected chi connectivity index (χ4v) is 2.37. The van der Waals surface area contributed by atoms with E-state index >= 15 is 0 Å². The molecule has 0 aliphatic rings. The lowest BCUT2D eigenvalue weighted by Crippen LogP contribution is -2.59. The molecule has 0 aliphatic heterocycles. The largest absolute Gasteiger partial charge is 0.480 e. The van der Waals surface area contributed by atoms with E-state index in [9.17, 15) is 33.9 Å². The van der Waals surface area contributed by atoms with Gasteiger partial charge in [-0.05, 0) is 12.3 Å². The number of carbonyl (C=O) groups excluding carboxylic acids is 5. The number of carboxylic acids is 1. The van der Waals surface area contributed by atoms with Crippen molar-refractivity contribution in [2.45, 2.75) is 57.3 Å². The number of aliphatic hydroxyl groups is 1. The van der Waals surface area contributed by atoms with Crippen molar-refractivity contribution in [3.8, 4) is 0 Å². The van der Waals surface area contributed by atoms with Gasteiger partial charge in [0.1, 0.15) is 24.2 Å². The molecule has 0 aromatic carbocycles. The maximum Gasteiger partial charge on any atom is 0.326 e. The second kappa shape index (κ2) is 13.1. The second-order valence-corrected chi connectivity index (χ2v) is 7.16. The predicted molar refractivity (Wildman–Crippen MR) is 106 cm³/mol. The van der Waals surface area contributed by atoms with Gasteiger partial charge in [-0.15, -0.1) is 0 Å². The van der Waals surface area contributed by atoms with Crippen molar-refractivity contribution >= 4 is 35.5 Å². The number of aliphatic carboxylic acids is 1. The average Bonchev–Trinajstić information content (AvgIpc) is 2.66. The molecule has 4 atom stereocenters. The van der Waals surface area contributed by atoms with Gasteiger partial charge in [0.2, 0.25) is 29.5 Å². The molecule has 0 aromatic heterocycles. The van der Waals surface area contributed by atoms with Gasteiger partial charge < -0.3 is 43.4 Å². The van der Waals surface area contributed by atoms with Crippen LogP contribution in [0.1, 0.15) is 33.1 Å². The Kier molecular flexibility index (Phi) is 11.7. The molecule has 0 spiro atoms. The van der Waals surface area contributed by atoms with E-state index in [-0.39, 0.29) is 12.8 Å². The molecule has 0 fully saturated rings. The Morgan fingerprint density at radius 2 is 1.39 bits per heavy atom. The van der Waals surface area contributed by atoms with Crippen LogP contribution in [0.15, 0.2) is 0 Å². The molecule has 31 heavy (non-hydrogen) atoms. The van der Waals surface area contributed by atoms with E-state index in [2.05, 4.69) is 16.0 Å². The highest BCUT2D eigenvalue weighted by molar-refractivity contribution is 5.96. The van der Waals surface area contributed by atoms with Crippen molar-refractivity contribution in [2.75, 3.05) is 6.61 Å². The number of hydrogen-bond donors (Lipinski definition) is 8. The standard InChI is InChI=1S/C17H30N6O8/c1-7(2)13(23-14(27)8(18)6-24)16(29)22-10(5-12(20)26)15(28)21-9(17(30)31)3-4-11(19)25/h7-10,13,24H,3-6,18H2,1-2H3,(H2,19,25)(H2,20,26)(H,21,28)(H,22,29)(H,23,27)(H,30,31). The zero-order chi connectivity index (χ0) is 24.3. The molecule has 11 N–H and O–H groups in total. The second-order valence-electron chi connectivity index (χ2n) is 7.16. The summed E-state index contributed by atoms with van der Waals surface area (Å²) in [6, 6.07) is -5.51. The van der Waals surface area contributed by atoms with E-state index in [1.165, 1.54) is 0 Å². The number of nitrogens with one attached hydrogen (secondary N) is 3. The Bertz CT molecular complexity index is 698. The molecular weight excluding hydrogens is 416 g/mol. The summed E-state index contributed by atoms with van der Waals surface area (Å²) >= 11 is 0. The van der Waals surface area contributed by atoms with Gasteiger partial charge in [0, 0.05) is 6.42 Å². The lowest BCUT2D eigenvalue weighted by atomic mass is 10.0. The Morgan fingerprint density at radius 3 is 1.81 bits per heavy atom. The number of aliphatic hydroxyl groups excluding tert-OH is 1. The highest BCUT2D eigenvalue weighted by atomic mass is 16.4. The minimum atomic E-state index is -1.55. The number of nitrogens with two attached hydrogens (primary N) is 3. The molecule has 0 heterocycles. The van der Waals surface area contributed by atoms with Gasteiger partial charge in [0.15, 0.2) is 0 Å². The molecule has 0 radical (unpaired) electrons. The third-order valence-corrected chi connectivity index (χ3v) is 4.11. The Hall–Kier alpha value is -3.26. The molecule has 0 saturated carbocycles. The predicted octanol–water partition coefficient (Wildman–Crippen LogP) is -4.36. The van der Waals surface area contributed by atoms with Crippen LogP contribution in [-0.4, -0.2) is 76.5 Å². The summed E-state index contributed by atoms with van der Waals surface area (Å²) < 4.78 is 0. The number of amides is 5. The van der Waals surface area contributed by atoms with Crippen LogP contribution in [0.25, 0.3) is 0 Å². The van der Waals surface area contributed by atoms with Gasteiger partial charge in [0.05, 0.1) is 13.0 Å². The topological polar surface area (TPSA) is 257 Å². The normalized spacial score (nSPS) is 14.6. The van der Waals surface area contributed by atoms with Crippen molar-refractivity contribution in [3.63, 3.8) is 0 Å². The number of rotatable bonds is 14. The number of carbonyl (C=O) groups is 6. The molecule has 0 aromatic rings. The molecule has 176 valence electrons. The molecule has 5 amide bonds. The van der Waals surface area contributed by atoms with Crippen LogP contribution in [0.2, 0.25) is 0 Å². The number of hydrogen-bond acceptors (Lipinski definition) is 8. The summed E-state index contributed by atoms with van der Waals surface area (Å²) in [6.45, 7) is 2.51. The molecule has 0 bridgehead atoms. The quantitative estimate of drug-likeness (QED) is 0.128. The number of carboxylic acid groups (broad SMARTS) is 1. The van der Waals surface area contributed by atoms with Crippen LogP contribution < -0.4 is 33.2 Å². The van der Waals surface area contributed by atoms with E-state index in [1.807, 2.05) is 0 Å². The van der Waals surface area contributed by atoms with Gasteiger partial charge in [-0.2, -0.15) is 0 Å². The lowest BCUT2D eigenvalue weighted by molar-refractivity contribution is -0.142. The van der Waals surface area contributed by atoms with Gasteiger partial charge in [0.25, 0.3) is 0 Å². The van der Waals surface area contributed by atoms with Crippen molar-refractivity contribution < 1.29 is 39.0 Å². The summed E-state index contributed by atoms with van der Waals surface area (Å²) in [5.74, 6) is -6.39. The molecule has 14 nitrogen and oxygen atoms in total. The van der Waals surface area contributed by atoms with Crippen molar-refractivity contribution in [1.82, 2.24) is 16.0 Å². The van der Waals surface area contributed by atoms with E-state index < -0.39 is 78.6 Å². The van der Waals surface area contributed by atoms with Gasteiger partial charge in [-0.1, -0.05) is 13.8 Å². The minimum absolute atomic E-state index is 0.308. The Morgan fingerprint density at radius 1 is 0.839 bits per heavy atom. The Balaban J connectivity index is 5.43. The summed E-state index contributed by atoms with van der Waals surface area (Å²) in [5, 5.41) is 24.8. The molecule has 0 saturated heterocycles. The monoisotopic (exact) mass is 446 g/mol. The average molecular weight is 446 g/mol. The third-order valence-electron chi connectivity index (χ3n) is 4.11. The van der Waals surface area contributed by atoms with Gasteiger partial charge in [-0.3, -0.25) is 24.0 Å². The first kappa shape index (κ1) is 27.7. The van der Waals surface area contributed by atoms with Crippen molar-refractivity contribution in [3.05, 3.63) is 0 Å². The molecular formula is C17H30N6O8. The smallest absolute Gasteiger partial charge is 0.326 e. The molecule has 4 unspecified atom stereocenters. The van der Waals surface area contributed by atoms with Gasteiger partial charge >= 0.3 is 5.97 Å². The lowest BCUT2D eigenvalue weighted by Gasteiger charge is -2.26. The summed E-state index contributed by atoms with van der Waals surface area (Å²) in [6.07, 6.45) is -1.29. The van der Waals surface area contributed by atoms with E-state index in [0.29, 0.717) is 0 Å². The third kappa shape index (κ3) is 10.4. The highest BCUT2D eigenvalue weighted by Gasteiger charge is 2.32. The fraction of sp³-hybridized carbons (Fsp3) is 0.647. The van der Waals surface area contributed by atoms with Crippen molar-refractivity contribution in [2.24, 2.45) is 23.1 Å². The van der Waals surface area contributed by atoms with Crippen LogP contribution in [0.5, 0.6) is 0 Å². The van der Waals surface area contributed by atoms with Crippen molar-refractivity contribution in [1.29, 1.82) is 0 Å². The number of primary amides is 2.